The summed E-state index contributed by atoms with van der Waals surface area (Å²) in [4.78, 5) is 16.5. The monoisotopic (exact) mass is 248 g/mol. The Hall–Kier alpha value is -2.43. The van der Waals surface area contributed by atoms with Crippen molar-refractivity contribution in [3.8, 4) is 0 Å². The van der Waals surface area contributed by atoms with E-state index < -0.39 is 6.16 Å². The summed E-state index contributed by atoms with van der Waals surface area (Å²) in [5, 5.41) is 13.9. The molecule has 96 valence electrons. The number of pyridine rings is 2. The predicted octanol–water partition coefficient (Wildman–Crippen LogP) is 3.00. The Labute approximate surface area is 106 Å². The van der Waals surface area contributed by atoms with E-state index in [1.54, 1.807) is 12.4 Å². The summed E-state index contributed by atoms with van der Waals surface area (Å²) in [6.07, 6.45) is 1.74. The van der Waals surface area contributed by atoms with E-state index in [4.69, 9.17) is 15.0 Å². The molecule has 2 N–H and O–H groups in total. The van der Waals surface area contributed by atoms with Crippen LogP contribution in [-0.4, -0.2) is 26.3 Å². The quantitative estimate of drug-likeness (QED) is 0.748. The summed E-state index contributed by atoms with van der Waals surface area (Å²) in [7, 11) is 0. The second-order valence-corrected chi connectivity index (χ2v) is 3.22. The maximum atomic E-state index is 8.56. The lowest BCUT2D eigenvalue weighted by Crippen LogP contribution is -1.81. The molecule has 0 radical (unpaired) electrons. The molecule has 2 aromatic rings. The van der Waals surface area contributed by atoms with Crippen molar-refractivity contribution in [2.75, 3.05) is 0 Å². The third-order valence-electron chi connectivity index (χ3n) is 1.63. The average Bonchev–Trinajstić information content (AvgIpc) is 2.31. The lowest BCUT2D eigenvalue weighted by molar-refractivity contribution is 0.137. The van der Waals surface area contributed by atoms with Crippen LogP contribution in [0.5, 0.6) is 0 Å². The molecule has 5 heteroatoms. The maximum Gasteiger partial charge on any atom is 0.503 e. The molecule has 0 saturated carbocycles. The second kappa shape index (κ2) is 9.77. The standard InChI is InChI=1S/2C6H7N.CH2O3/c2*1-6-4-2-3-5-7-6;2-1(3)4/h2*2-5H,1H3;(H2,2,3,4). The van der Waals surface area contributed by atoms with Gasteiger partial charge in [-0.05, 0) is 38.1 Å². The van der Waals surface area contributed by atoms with Crippen LogP contribution in [0.3, 0.4) is 0 Å². The molecule has 0 saturated heterocycles. The van der Waals surface area contributed by atoms with Crippen molar-refractivity contribution >= 4 is 6.16 Å². The zero-order valence-electron chi connectivity index (χ0n) is 10.3. The summed E-state index contributed by atoms with van der Waals surface area (Å²) in [5.41, 5.74) is 2.14. The molecule has 0 fully saturated rings. The first kappa shape index (κ1) is 15.6. The van der Waals surface area contributed by atoms with E-state index in [1.165, 1.54) is 0 Å². The Morgan fingerprint density at radius 2 is 1.22 bits per heavy atom. The number of carboxylic acid groups (broad SMARTS) is 2. The largest absolute Gasteiger partial charge is 0.503 e. The normalized spacial score (nSPS) is 8.11. The minimum absolute atomic E-state index is 1.07. The van der Waals surface area contributed by atoms with Crippen molar-refractivity contribution in [3.05, 3.63) is 60.2 Å². The third kappa shape index (κ3) is 11.6. The summed E-state index contributed by atoms with van der Waals surface area (Å²) in [6, 6.07) is 11.7. The first-order chi connectivity index (χ1) is 8.52. The summed E-state index contributed by atoms with van der Waals surface area (Å²) in [5.74, 6) is 0. The highest BCUT2D eigenvalue weighted by atomic mass is 16.6. The minimum atomic E-state index is -1.83. The molecule has 0 unspecified atom stereocenters. The van der Waals surface area contributed by atoms with E-state index in [-0.39, 0.29) is 0 Å². The van der Waals surface area contributed by atoms with E-state index in [0.29, 0.717) is 0 Å². The summed E-state index contributed by atoms with van der Waals surface area (Å²) in [6.45, 7) is 3.94. The Bertz CT molecular complexity index is 391. The fourth-order valence-electron chi connectivity index (χ4n) is 0.896. The Balaban J connectivity index is 0.000000253. The van der Waals surface area contributed by atoms with Gasteiger partial charge in [0.2, 0.25) is 0 Å². The van der Waals surface area contributed by atoms with E-state index in [9.17, 15) is 0 Å². The van der Waals surface area contributed by atoms with Gasteiger partial charge in [-0.3, -0.25) is 9.97 Å². The van der Waals surface area contributed by atoms with Gasteiger partial charge in [0, 0.05) is 23.8 Å². The van der Waals surface area contributed by atoms with Crippen molar-refractivity contribution in [2.45, 2.75) is 13.8 Å². The third-order valence-corrected chi connectivity index (χ3v) is 1.63. The summed E-state index contributed by atoms with van der Waals surface area (Å²) < 4.78 is 0. The van der Waals surface area contributed by atoms with Crippen LogP contribution in [0.15, 0.2) is 48.8 Å². The molecule has 0 atom stereocenters. The van der Waals surface area contributed by atoms with Gasteiger partial charge in [0.1, 0.15) is 0 Å². The molecule has 0 aliphatic carbocycles. The Kier molecular flexibility index (Phi) is 8.45. The lowest BCUT2D eigenvalue weighted by Gasteiger charge is -1.82. The van der Waals surface area contributed by atoms with Gasteiger partial charge in [-0.1, -0.05) is 12.1 Å². The minimum Gasteiger partial charge on any atom is -0.450 e. The van der Waals surface area contributed by atoms with Crippen LogP contribution in [0.1, 0.15) is 11.4 Å². The molecule has 0 aliphatic rings. The van der Waals surface area contributed by atoms with Crippen LogP contribution in [-0.2, 0) is 0 Å². The number of rotatable bonds is 0. The lowest BCUT2D eigenvalue weighted by atomic mass is 10.4. The van der Waals surface area contributed by atoms with Crippen molar-refractivity contribution in [3.63, 3.8) is 0 Å². The highest BCUT2D eigenvalue weighted by Crippen LogP contribution is 1.86. The van der Waals surface area contributed by atoms with Gasteiger partial charge in [-0.2, -0.15) is 0 Å². The van der Waals surface area contributed by atoms with E-state index in [1.807, 2.05) is 50.2 Å². The number of hydrogen-bond acceptors (Lipinski definition) is 3. The van der Waals surface area contributed by atoms with E-state index in [2.05, 4.69) is 9.97 Å². The molecule has 0 aliphatic heterocycles. The fourth-order valence-corrected chi connectivity index (χ4v) is 0.896. The maximum absolute atomic E-state index is 8.56. The first-order valence-electron chi connectivity index (χ1n) is 5.19. The van der Waals surface area contributed by atoms with Crippen molar-refractivity contribution in [1.82, 2.24) is 9.97 Å². The topological polar surface area (TPSA) is 83.3 Å². The molecule has 2 aromatic heterocycles. The summed E-state index contributed by atoms with van der Waals surface area (Å²) >= 11 is 0. The second-order valence-electron chi connectivity index (χ2n) is 3.22. The molecular formula is C13H16N2O3. The molecular weight excluding hydrogens is 232 g/mol. The van der Waals surface area contributed by atoms with Crippen molar-refractivity contribution in [1.29, 1.82) is 0 Å². The van der Waals surface area contributed by atoms with Crippen LogP contribution in [0.2, 0.25) is 0 Å². The first-order valence-corrected chi connectivity index (χ1v) is 5.19. The number of hydrogen-bond donors (Lipinski definition) is 2. The average molecular weight is 248 g/mol. The van der Waals surface area contributed by atoms with Gasteiger partial charge in [-0.25, -0.2) is 4.79 Å². The number of carbonyl (C=O) groups is 1. The van der Waals surface area contributed by atoms with Crippen LogP contribution in [0.25, 0.3) is 0 Å². The van der Waals surface area contributed by atoms with Gasteiger partial charge < -0.3 is 10.2 Å². The van der Waals surface area contributed by atoms with Gasteiger partial charge >= 0.3 is 6.16 Å². The smallest absolute Gasteiger partial charge is 0.450 e. The van der Waals surface area contributed by atoms with E-state index >= 15 is 0 Å². The highest BCUT2D eigenvalue weighted by Gasteiger charge is 1.74. The number of aryl methyl sites for hydroxylation is 2. The molecule has 0 spiro atoms. The van der Waals surface area contributed by atoms with Gasteiger partial charge in [0.15, 0.2) is 0 Å². The molecule has 18 heavy (non-hydrogen) atoms. The van der Waals surface area contributed by atoms with Crippen molar-refractivity contribution < 1.29 is 15.0 Å². The SMILES string of the molecule is Cc1ccccn1.Cc1ccccn1.O=C(O)O. The molecule has 0 bridgehead atoms. The van der Waals surface area contributed by atoms with E-state index in [0.717, 1.165) is 11.4 Å². The number of aromatic nitrogens is 2. The molecule has 0 amide bonds. The van der Waals surface area contributed by atoms with Gasteiger partial charge in [-0.15, -0.1) is 0 Å². The Morgan fingerprint density at radius 3 is 1.33 bits per heavy atom. The number of nitrogens with zero attached hydrogens (tertiary/aromatic N) is 2. The molecule has 0 aromatic carbocycles. The molecule has 2 rings (SSSR count). The molecule has 2 heterocycles. The predicted molar refractivity (Wildman–Crippen MR) is 68.6 cm³/mol. The van der Waals surface area contributed by atoms with Crippen LogP contribution >= 0.6 is 0 Å². The van der Waals surface area contributed by atoms with Crippen LogP contribution < -0.4 is 0 Å². The zero-order chi connectivity index (χ0) is 13.8. The van der Waals surface area contributed by atoms with Gasteiger partial charge in [0.05, 0.1) is 0 Å². The molecule has 5 nitrogen and oxygen atoms in total. The Morgan fingerprint density at radius 1 is 0.889 bits per heavy atom. The van der Waals surface area contributed by atoms with Gasteiger partial charge in [0.25, 0.3) is 0 Å². The zero-order valence-corrected chi connectivity index (χ0v) is 10.3. The highest BCUT2D eigenvalue weighted by molar-refractivity contribution is 5.53. The fraction of sp³-hybridized carbons (Fsp3) is 0.154. The van der Waals surface area contributed by atoms with Crippen LogP contribution in [0, 0.1) is 13.8 Å². The van der Waals surface area contributed by atoms with Crippen molar-refractivity contribution in [2.24, 2.45) is 0 Å². The van der Waals surface area contributed by atoms with Crippen LogP contribution in [0.4, 0.5) is 4.79 Å².